The summed E-state index contributed by atoms with van der Waals surface area (Å²) in [5, 5.41) is 0.903. The molecule has 0 N–H and O–H groups in total. The minimum absolute atomic E-state index is 0.00561. The van der Waals surface area contributed by atoms with Crippen LogP contribution in [0.3, 0.4) is 0 Å². The van der Waals surface area contributed by atoms with Crippen LogP contribution in [0.4, 0.5) is 0 Å². The van der Waals surface area contributed by atoms with Gasteiger partial charge in [-0.1, -0.05) is 6.92 Å². The monoisotopic (exact) mass is 329 g/mol. The number of carbonyl (C=O) groups is 1. The topological polar surface area (TPSA) is 59.8 Å². The summed E-state index contributed by atoms with van der Waals surface area (Å²) < 4.78 is 10.9. The standard InChI is InChI=1S/C19H23NO4/c1-3-14-10-19(22)24-17-11-15(7-8-16(14)17)23-12-18(21)20-9-5-4-6-13(20)2/h7-8,10-11,13H,3-6,9,12H2,1-2H3/t13-/m1/s1. The second kappa shape index (κ2) is 7.07. The fourth-order valence-electron chi connectivity index (χ4n) is 3.29. The first-order valence-electron chi connectivity index (χ1n) is 8.57. The molecule has 0 unspecified atom stereocenters. The highest BCUT2D eigenvalue weighted by Crippen LogP contribution is 2.23. The van der Waals surface area contributed by atoms with Crippen molar-refractivity contribution in [3.8, 4) is 5.75 Å². The van der Waals surface area contributed by atoms with E-state index in [1.165, 1.54) is 12.5 Å². The molecule has 1 saturated heterocycles. The van der Waals surface area contributed by atoms with Gasteiger partial charge in [-0.05, 0) is 50.3 Å². The van der Waals surface area contributed by atoms with Gasteiger partial charge in [0.2, 0.25) is 0 Å². The van der Waals surface area contributed by atoms with E-state index >= 15 is 0 Å². The zero-order chi connectivity index (χ0) is 17.1. The van der Waals surface area contributed by atoms with E-state index in [9.17, 15) is 9.59 Å². The SMILES string of the molecule is CCc1cc(=O)oc2cc(OCC(=O)N3CCCC[C@H]3C)ccc12. The van der Waals surface area contributed by atoms with Crippen LogP contribution in [0.2, 0.25) is 0 Å². The van der Waals surface area contributed by atoms with E-state index < -0.39 is 0 Å². The number of carbonyl (C=O) groups excluding carboxylic acids is 1. The molecule has 1 aromatic heterocycles. The number of fused-ring (bicyclic) bond motifs is 1. The second-order valence-corrected chi connectivity index (χ2v) is 6.32. The molecule has 1 aromatic carbocycles. The number of hydrogen-bond donors (Lipinski definition) is 0. The van der Waals surface area contributed by atoms with Gasteiger partial charge in [-0.25, -0.2) is 4.79 Å². The number of benzene rings is 1. The van der Waals surface area contributed by atoms with Crippen LogP contribution in [0.1, 0.15) is 38.7 Å². The van der Waals surface area contributed by atoms with E-state index in [0.29, 0.717) is 11.3 Å². The summed E-state index contributed by atoms with van der Waals surface area (Å²) in [6, 6.07) is 7.17. The number of aryl methyl sites for hydroxylation is 1. The van der Waals surface area contributed by atoms with E-state index in [0.717, 1.165) is 36.8 Å². The summed E-state index contributed by atoms with van der Waals surface area (Å²) in [6.07, 6.45) is 4.03. The molecule has 0 aliphatic carbocycles. The van der Waals surface area contributed by atoms with Crippen LogP contribution in [0.5, 0.6) is 5.75 Å². The average molecular weight is 329 g/mol. The summed E-state index contributed by atoms with van der Waals surface area (Å²) in [6.45, 7) is 4.88. The van der Waals surface area contributed by atoms with Gasteiger partial charge in [-0.3, -0.25) is 4.79 Å². The van der Waals surface area contributed by atoms with Gasteiger partial charge in [0.05, 0.1) is 0 Å². The number of rotatable bonds is 4. The third kappa shape index (κ3) is 3.45. The molecule has 2 aromatic rings. The maximum Gasteiger partial charge on any atom is 0.336 e. The van der Waals surface area contributed by atoms with Gasteiger partial charge >= 0.3 is 5.63 Å². The van der Waals surface area contributed by atoms with Crippen LogP contribution in [-0.4, -0.2) is 30.0 Å². The molecule has 1 atom stereocenters. The van der Waals surface area contributed by atoms with E-state index in [4.69, 9.17) is 9.15 Å². The molecule has 5 heteroatoms. The number of likely N-dealkylation sites (tertiary alicyclic amines) is 1. The third-order valence-electron chi connectivity index (χ3n) is 4.67. The van der Waals surface area contributed by atoms with Crippen molar-refractivity contribution in [1.29, 1.82) is 0 Å². The number of amides is 1. The Morgan fingerprint density at radius 1 is 1.33 bits per heavy atom. The van der Waals surface area contributed by atoms with Crippen molar-refractivity contribution in [2.24, 2.45) is 0 Å². The fourth-order valence-corrected chi connectivity index (χ4v) is 3.29. The smallest absolute Gasteiger partial charge is 0.336 e. The Morgan fingerprint density at radius 2 is 2.17 bits per heavy atom. The van der Waals surface area contributed by atoms with Crippen molar-refractivity contribution < 1.29 is 13.9 Å². The first kappa shape index (κ1) is 16.6. The first-order valence-corrected chi connectivity index (χ1v) is 8.57. The Bertz CT molecular complexity index is 796. The minimum Gasteiger partial charge on any atom is -0.484 e. The van der Waals surface area contributed by atoms with E-state index in [2.05, 4.69) is 6.92 Å². The lowest BCUT2D eigenvalue weighted by molar-refractivity contribution is -0.136. The van der Waals surface area contributed by atoms with Crippen LogP contribution in [0.25, 0.3) is 11.0 Å². The molecule has 5 nitrogen and oxygen atoms in total. The predicted molar refractivity (Wildman–Crippen MR) is 92.4 cm³/mol. The van der Waals surface area contributed by atoms with Gasteiger partial charge in [-0.2, -0.15) is 0 Å². The molecule has 1 fully saturated rings. The van der Waals surface area contributed by atoms with Crippen LogP contribution < -0.4 is 10.4 Å². The highest BCUT2D eigenvalue weighted by atomic mass is 16.5. The van der Waals surface area contributed by atoms with Crippen LogP contribution in [-0.2, 0) is 11.2 Å². The predicted octanol–water partition coefficient (Wildman–Crippen LogP) is 3.14. The largest absolute Gasteiger partial charge is 0.484 e. The Kier molecular flexibility index (Phi) is 4.88. The number of nitrogens with zero attached hydrogens (tertiary/aromatic N) is 1. The summed E-state index contributed by atoms with van der Waals surface area (Å²) in [4.78, 5) is 25.8. The number of ether oxygens (including phenoxy) is 1. The molecule has 0 bridgehead atoms. The molecular weight excluding hydrogens is 306 g/mol. The second-order valence-electron chi connectivity index (χ2n) is 6.32. The summed E-state index contributed by atoms with van der Waals surface area (Å²) in [5.74, 6) is 0.544. The minimum atomic E-state index is -0.366. The summed E-state index contributed by atoms with van der Waals surface area (Å²) in [5.41, 5.74) is 1.08. The van der Waals surface area contributed by atoms with Crippen LogP contribution in [0, 0.1) is 0 Å². The van der Waals surface area contributed by atoms with Gasteiger partial charge in [0, 0.05) is 30.1 Å². The van der Waals surface area contributed by atoms with E-state index in [1.807, 2.05) is 24.0 Å². The van der Waals surface area contributed by atoms with Gasteiger partial charge in [0.1, 0.15) is 11.3 Å². The quantitative estimate of drug-likeness (QED) is 0.809. The highest BCUT2D eigenvalue weighted by molar-refractivity contribution is 5.82. The molecule has 1 amide bonds. The van der Waals surface area contributed by atoms with Gasteiger partial charge in [0.25, 0.3) is 5.91 Å². The molecule has 128 valence electrons. The zero-order valence-corrected chi connectivity index (χ0v) is 14.2. The maximum atomic E-state index is 12.3. The fraction of sp³-hybridized carbons (Fsp3) is 0.474. The first-order chi connectivity index (χ1) is 11.6. The Labute approximate surface area is 141 Å². The number of hydrogen-bond acceptors (Lipinski definition) is 4. The molecule has 3 rings (SSSR count). The zero-order valence-electron chi connectivity index (χ0n) is 14.2. The van der Waals surface area contributed by atoms with Crippen molar-refractivity contribution in [3.05, 3.63) is 40.2 Å². The van der Waals surface area contributed by atoms with Crippen molar-refractivity contribution >= 4 is 16.9 Å². The lowest BCUT2D eigenvalue weighted by Crippen LogP contribution is -2.44. The lowest BCUT2D eigenvalue weighted by atomic mass is 10.0. The van der Waals surface area contributed by atoms with E-state index in [1.54, 1.807) is 6.07 Å². The van der Waals surface area contributed by atoms with Crippen molar-refractivity contribution in [1.82, 2.24) is 4.90 Å². The van der Waals surface area contributed by atoms with Crippen molar-refractivity contribution in [2.75, 3.05) is 13.2 Å². The summed E-state index contributed by atoms with van der Waals surface area (Å²) in [7, 11) is 0. The van der Waals surface area contributed by atoms with Crippen LogP contribution >= 0.6 is 0 Å². The Morgan fingerprint density at radius 3 is 2.92 bits per heavy atom. The molecular formula is C19H23NO4. The van der Waals surface area contributed by atoms with Crippen molar-refractivity contribution in [3.63, 3.8) is 0 Å². The Balaban J connectivity index is 1.73. The maximum absolute atomic E-state index is 12.3. The molecule has 1 aliphatic heterocycles. The Hall–Kier alpha value is -2.30. The third-order valence-corrected chi connectivity index (χ3v) is 4.67. The molecule has 0 spiro atoms. The molecule has 0 radical (unpaired) electrons. The molecule has 0 saturated carbocycles. The molecule has 2 heterocycles. The van der Waals surface area contributed by atoms with Gasteiger partial charge in [0.15, 0.2) is 6.61 Å². The molecule has 24 heavy (non-hydrogen) atoms. The average Bonchev–Trinajstić information content (AvgIpc) is 2.58. The lowest BCUT2D eigenvalue weighted by Gasteiger charge is -2.33. The van der Waals surface area contributed by atoms with E-state index in [-0.39, 0.29) is 24.2 Å². The highest BCUT2D eigenvalue weighted by Gasteiger charge is 2.23. The normalized spacial score (nSPS) is 17.9. The molecule has 1 aliphatic rings. The van der Waals surface area contributed by atoms with Gasteiger partial charge < -0.3 is 14.1 Å². The summed E-state index contributed by atoms with van der Waals surface area (Å²) >= 11 is 0. The number of piperidine rings is 1. The van der Waals surface area contributed by atoms with Gasteiger partial charge in [-0.15, -0.1) is 0 Å². The van der Waals surface area contributed by atoms with Crippen LogP contribution in [0.15, 0.2) is 33.5 Å². The van der Waals surface area contributed by atoms with Crippen molar-refractivity contribution in [2.45, 2.75) is 45.6 Å².